The number of hydrogen-bond donors (Lipinski definition) is 3. The molecule has 3 heteroatoms. The Labute approximate surface area is 153 Å². The van der Waals surface area contributed by atoms with Crippen LogP contribution in [0.2, 0.25) is 0 Å². The summed E-state index contributed by atoms with van der Waals surface area (Å²) >= 11 is 0. The minimum absolute atomic E-state index is 0.202. The van der Waals surface area contributed by atoms with Crippen molar-refractivity contribution in [1.29, 1.82) is 0 Å². The van der Waals surface area contributed by atoms with Gasteiger partial charge in [-0.3, -0.25) is 0 Å². The molecule has 0 bridgehead atoms. The maximum Gasteiger partial charge on any atom is 0.0664 e. The minimum atomic E-state index is -0.933. The highest BCUT2D eigenvalue weighted by molar-refractivity contribution is 5.71. The molecule has 0 radical (unpaired) electrons. The molecule has 0 fully saturated rings. The number of rotatable bonds is 11. The minimum Gasteiger partial charge on any atom is -0.394 e. The van der Waals surface area contributed by atoms with Crippen LogP contribution in [0.5, 0.6) is 0 Å². The third-order valence-electron chi connectivity index (χ3n) is 5.31. The highest BCUT2D eigenvalue weighted by atomic mass is 16.3. The second-order valence-corrected chi connectivity index (χ2v) is 7.63. The summed E-state index contributed by atoms with van der Waals surface area (Å²) in [6.45, 7) is 1.85. The molecule has 25 heavy (non-hydrogen) atoms. The lowest BCUT2D eigenvalue weighted by atomic mass is 9.82. The Morgan fingerprint density at radius 1 is 1.04 bits per heavy atom. The Morgan fingerprint density at radius 2 is 1.76 bits per heavy atom. The summed E-state index contributed by atoms with van der Waals surface area (Å²) < 4.78 is 0. The van der Waals surface area contributed by atoms with Crippen LogP contribution < -0.4 is 5.73 Å². The van der Waals surface area contributed by atoms with Gasteiger partial charge in [0.15, 0.2) is 0 Å². The summed E-state index contributed by atoms with van der Waals surface area (Å²) in [6.07, 6.45) is 13.9. The molecule has 1 aromatic rings. The molecule has 0 heterocycles. The Bertz CT molecular complexity index is 561. The number of hydrogen-bond acceptors (Lipinski definition) is 3. The van der Waals surface area contributed by atoms with Crippen LogP contribution in [-0.2, 0) is 12.8 Å². The maximum atomic E-state index is 9.47. The normalized spacial score (nSPS) is 14.3. The Balaban J connectivity index is 1.95. The highest BCUT2D eigenvalue weighted by Crippen LogP contribution is 2.32. The van der Waals surface area contributed by atoms with Crippen LogP contribution in [0.25, 0.3) is 5.57 Å². The molecule has 3 nitrogen and oxygen atoms in total. The van der Waals surface area contributed by atoms with Gasteiger partial charge in [-0.05, 0) is 54.4 Å². The van der Waals surface area contributed by atoms with Gasteiger partial charge in [0.2, 0.25) is 0 Å². The van der Waals surface area contributed by atoms with Crippen molar-refractivity contribution in [3.05, 3.63) is 41.0 Å². The van der Waals surface area contributed by atoms with Gasteiger partial charge in [0.25, 0.3) is 0 Å². The first kappa shape index (κ1) is 20.2. The number of aryl methyl sites for hydroxylation is 2. The van der Waals surface area contributed by atoms with E-state index >= 15 is 0 Å². The molecular formula is C22H35NO2. The predicted octanol–water partition coefficient (Wildman–Crippen LogP) is 3.99. The topological polar surface area (TPSA) is 66.5 Å². The Kier molecular flexibility index (Phi) is 8.14. The number of aliphatic hydroxyl groups is 2. The third-order valence-corrected chi connectivity index (χ3v) is 5.31. The van der Waals surface area contributed by atoms with E-state index < -0.39 is 5.54 Å². The van der Waals surface area contributed by atoms with Gasteiger partial charge in [-0.2, -0.15) is 0 Å². The number of fused-ring (bicyclic) bond motifs is 1. The average Bonchev–Trinajstić information content (AvgIpc) is 2.64. The first-order valence-corrected chi connectivity index (χ1v) is 9.93. The molecule has 0 spiro atoms. The first-order valence-electron chi connectivity index (χ1n) is 9.93. The van der Waals surface area contributed by atoms with Gasteiger partial charge in [0.1, 0.15) is 0 Å². The van der Waals surface area contributed by atoms with Gasteiger partial charge in [-0.25, -0.2) is 0 Å². The van der Waals surface area contributed by atoms with Gasteiger partial charge in [0, 0.05) is 0 Å². The summed E-state index contributed by atoms with van der Waals surface area (Å²) in [4.78, 5) is 0. The van der Waals surface area contributed by atoms with Crippen LogP contribution >= 0.6 is 0 Å². The number of nitrogens with two attached hydrogens (primary N) is 1. The van der Waals surface area contributed by atoms with Crippen molar-refractivity contribution in [2.75, 3.05) is 13.2 Å². The highest BCUT2D eigenvalue weighted by Gasteiger charge is 2.26. The quantitative estimate of drug-likeness (QED) is 0.531. The molecule has 2 rings (SSSR count). The molecular weight excluding hydrogens is 310 g/mol. The van der Waals surface area contributed by atoms with E-state index in [0.717, 1.165) is 24.8 Å². The fraction of sp³-hybridized carbons (Fsp3) is 0.636. The lowest BCUT2D eigenvalue weighted by Crippen LogP contribution is -2.47. The number of unbranched alkanes of at least 4 members (excludes halogenated alkanes) is 5. The lowest BCUT2D eigenvalue weighted by Gasteiger charge is -2.28. The van der Waals surface area contributed by atoms with Crippen LogP contribution in [0.15, 0.2) is 24.3 Å². The van der Waals surface area contributed by atoms with Gasteiger partial charge in [-0.15, -0.1) is 0 Å². The summed E-state index contributed by atoms with van der Waals surface area (Å²) in [5.41, 5.74) is 10.4. The van der Waals surface area contributed by atoms with Crippen molar-refractivity contribution in [1.82, 2.24) is 0 Å². The van der Waals surface area contributed by atoms with Crippen molar-refractivity contribution in [2.24, 2.45) is 5.73 Å². The second kappa shape index (κ2) is 10.1. The number of aliphatic hydroxyl groups excluding tert-OH is 2. The molecule has 0 unspecified atom stereocenters. The van der Waals surface area contributed by atoms with Crippen LogP contribution in [0.1, 0.15) is 75.0 Å². The molecule has 0 aliphatic heterocycles. The van der Waals surface area contributed by atoms with E-state index in [2.05, 4.69) is 31.2 Å². The van der Waals surface area contributed by atoms with Gasteiger partial charge < -0.3 is 15.9 Å². The molecule has 1 aromatic carbocycles. The van der Waals surface area contributed by atoms with E-state index in [0.29, 0.717) is 6.42 Å². The molecule has 1 aliphatic carbocycles. The second-order valence-electron chi connectivity index (χ2n) is 7.63. The monoisotopic (exact) mass is 345 g/mol. The first-order chi connectivity index (χ1) is 12.1. The van der Waals surface area contributed by atoms with E-state index in [1.54, 1.807) is 0 Å². The molecule has 0 amide bonds. The number of allylic oxidation sites excluding steroid dienone is 1. The smallest absolute Gasteiger partial charge is 0.0664 e. The predicted molar refractivity (Wildman–Crippen MR) is 106 cm³/mol. The molecule has 0 aromatic heterocycles. The molecule has 0 saturated carbocycles. The Hall–Kier alpha value is -1.16. The van der Waals surface area contributed by atoms with E-state index in [1.807, 2.05) is 0 Å². The Morgan fingerprint density at radius 3 is 2.48 bits per heavy atom. The average molecular weight is 346 g/mol. The van der Waals surface area contributed by atoms with Crippen molar-refractivity contribution < 1.29 is 10.2 Å². The van der Waals surface area contributed by atoms with Crippen LogP contribution in [-0.4, -0.2) is 29.0 Å². The molecule has 0 atom stereocenters. The summed E-state index contributed by atoms with van der Waals surface area (Å²) in [6, 6.07) is 6.80. The van der Waals surface area contributed by atoms with E-state index in [9.17, 15) is 10.2 Å². The van der Waals surface area contributed by atoms with Crippen LogP contribution in [0.3, 0.4) is 0 Å². The largest absolute Gasteiger partial charge is 0.394 e. The maximum absolute atomic E-state index is 9.47. The van der Waals surface area contributed by atoms with Gasteiger partial charge >= 0.3 is 0 Å². The van der Waals surface area contributed by atoms with Crippen molar-refractivity contribution in [3.63, 3.8) is 0 Å². The fourth-order valence-electron chi connectivity index (χ4n) is 3.65. The van der Waals surface area contributed by atoms with Gasteiger partial charge in [-0.1, -0.05) is 63.3 Å². The number of benzene rings is 1. The van der Waals surface area contributed by atoms with E-state index in [1.165, 1.54) is 55.2 Å². The molecule has 1 aliphatic rings. The standard InChI is InChI=1S/C22H35NO2/c1-2-3-4-5-6-7-9-18-12-13-21-19(14-18)10-8-11-20(21)15-22(23,16-24)17-25/h11-14,24-25H,2-10,15-17,23H2,1H3. The molecule has 0 saturated heterocycles. The summed E-state index contributed by atoms with van der Waals surface area (Å²) in [5.74, 6) is 0. The van der Waals surface area contributed by atoms with E-state index in [-0.39, 0.29) is 13.2 Å². The zero-order chi connectivity index (χ0) is 18.1. The van der Waals surface area contributed by atoms with E-state index in [4.69, 9.17) is 5.73 Å². The molecule has 4 N–H and O–H groups in total. The molecule has 140 valence electrons. The van der Waals surface area contributed by atoms with Crippen molar-refractivity contribution in [2.45, 2.75) is 76.7 Å². The van der Waals surface area contributed by atoms with Crippen LogP contribution in [0, 0.1) is 0 Å². The summed E-state index contributed by atoms with van der Waals surface area (Å²) in [5, 5.41) is 18.9. The fourth-order valence-corrected chi connectivity index (χ4v) is 3.65. The zero-order valence-electron chi connectivity index (χ0n) is 15.8. The SMILES string of the molecule is CCCCCCCCc1ccc2c(c1)CCC=C2CC(N)(CO)CO. The van der Waals surface area contributed by atoms with Crippen molar-refractivity contribution in [3.8, 4) is 0 Å². The van der Waals surface area contributed by atoms with Crippen LogP contribution in [0.4, 0.5) is 0 Å². The zero-order valence-corrected chi connectivity index (χ0v) is 15.8. The van der Waals surface area contributed by atoms with Crippen molar-refractivity contribution >= 4 is 5.57 Å². The summed E-state index contributed by atoms with van der Waals surface area (Å²) in [7, 11) is 0. The van der Waals surface area contributed by atoms with Gasteiger partial charge in [0.05, 0.1) is 18.8 Å². The third kappa shape index (κ3) is 5.95. The lowest BCUT2D eigenvalue weighted by molar-refractivity contribution is 0.124.